The third-order valence-electron chi connectivity index (χ3n) is 4.57. The first kappa shape index (κ1) is 22.7. The fraction of sp³-hybridized carbons (Fsp3) is 0.190. The molecular weight excluding hydrogens is 427 g/mol. The maximum atomic E-state index is 12.7. The Bertz CT molecular complexity index is 1350. The van der Waals surface area contributed by atoms with Crippen molar-refractivity contribution < 1.29 is 18.0 Å². The van der Waals surface area contributed by atoms with Gasteiger partial charge in [-0.15, -0.1) is 0 Å². The molecule has 0 radical (unpaired) electrons. The minimum atomic E-state index is -4.48. The van der Waals surface area contributed by atoms with Crippen molar-refractivity contribution in [2.45, 2.75) is 19.0 Å². The molecule has 3 aromatic rings. The molecule has 3 N–H and O–H groups in total. The number of hydrogen-bond donors (Lipinski definition) is 2. The van der Waals surface area contributed by atoms with Crippen LogP contribution in [0, 0.1) is 0 Å². The predicted molar refractivity (Wildman–Crippen MR) is 114 cm³/mol. The number of carbonyl (C=O) groups excluding carboxylic acids is 1. The number of nitrogens with zero attached hydrogens (tertiary/aromatic N) is 3. The first-order chi connectivity index (χ1) is 15.1. The summed E-state index contributed by atoms with van der Waals surface area (Å²) in [4.78, 5) is 46.1. The number of aliphatic imine (C=N–C) groups is 2. The molecule has 1 heterocycles. The number of amides is 1. The average Bonchev–Trinajstić information content (AvgIpc) is 2.71. The van der Waals surface area contributed by atoms with E-state index in [1.54, 1.807) is 18.2 Å². The van der Waals surface area contributed by atoms with Gasteiger partial charge in [-0.25, -0.2) is 9.79 Å². The van der Waals surface area contributed by atoms with Gasteiger partial charge in [-0.05, 0) is 29.8 Å². The van der Waals surface area contributed by atoms with Crippen molar-refractivity contribution in [3.63, 3.8) is 0 Å². The highest BCUT2D eigenvalue weighted by atomic mass is 19.4. The van der Waals surface area contributed by atoms with Gasteiger partial charge in [-0.1, -0.05) is 18.2 Å². The molecule has 0 aliphatic rings. The highest BCUT2D eigenvalue weighted by molar-refractivity contribution is 6.01. The number of aryl methyl sites for hydroxylation is 1. The Morgan fingerprint density at radius 3 is 2.62 bits per heavy atom. The van der Waals surface area contributed by atoms with Crippen molar-refractivity contribution in [2.24, 2.45) is 22.8 Å². The number of alkyl halides is 3. The number of benzene rings is 2. The molecule has 11 heteroatoms. The van der Waals surface area contributed by atoms with E-state index < -0.39 is 28.9 Å². The van der Waals surface area contributed by atoms with Gasteiger partial charge in [-0.3, -0.25) is 24.1 Å². The Morgan fingerprint density at radius 2 is 1.91 bits per heavy atom. The summed E-state index contributed by atoms with van der Waals surface area (Å²) in [6.45, 7) is 0. The van der Waals surface area contributed by atoms with Crippen LogP contribution >= 0.6 is 0 Å². The number of aromatic nitrogens is 2. The largest absolute Gasteiger partial charge is 0.416 e. The average molecular weight is 445 g/mol. The van der Waals surface area contributed by atoms with Crippen LogP contribution in [0.2, 0.25) is 0 Å². The number of amidine groups is 1. The van der Waals surface area contributed by atoms with E-state index in [4.69, 9.17) is 5.73 Å². The predicted octanol–water partition coefficient (Wildman–Crippen LogP) is 2.46. The van der Waals surface area contributed by atoms with Crippen LogP contribution in [0.15, 0.2) is 62.0 Å². The fourth-order valence-corrected chi connectivity index (χ4v) is 3.04. The number of nitrogens with one attached hydrogen (secondary N) is 1. The van der Waals surface area contributed by atoms with Crippen LogP contribution in [0.1, 0.15) is 17.5 Å². The summed E-state index contributed by atoms with van der Waals surface area (Å²) >= 11 is 0. The summed E-state index contributed by atoms with van der Waals surface area (Å²) in [6, 6.07) is 9.22. The van der Waals surface area contributed by atoms with Crippen LogP contribution in [0.25, 0.3) is 10.9 Å². The van der Waals surface area contributed by atoms with Crippen LogP contribution in [-0.4, -0.2) is 27.5 Å². The first-order valence-electron chi connectivity index (χ1n) is 9.33. The highest BCUT2D eigenvalue weighted by Gasteiger charge is 2.30. The number of carbonyl (C=O) groups is 1. The van der Waals surface area contributed by atoms with Crippen LogP contribution in [-0.2, 0) is 24.4 Å². The van der Waals surface area contributed by atoms with Gasteiger partial charge in [-0.2, -0.15) is 13.2 Å². The third kappa shape index (κ3) is 5.17. The van der Waals surface area contributed by atoms with E-state index in [9.17, 15) is 27.6 Å². The Hall–Kier alpha value is -4.02. The van der Waals surface area contributed by atoms with Crippen LogP contribution in [0.3, 0.4) is 0 Å². The second-order valence-electron chi connectivity index (χ2n) is 6.87. The zero-order valence-corrected chi connectivity index (χ0v) is 16.8. The molecule has 1 aromatic heterocycles. The molecule has 0 bridgehead atoms. The van der Waals surface area contributed by atoms with Crippen LogP contribution in [0.5, 0.6) is 0 Å². The molecule has 3 rings (SSSR count). The molecule has 32 heavy (non-hydrogen) atoms. The van der Waals surface area contributed by atoms with Crippen molar-refractivity contribution >= 4 is 34.5 Å². The van der Waals surface area contributed by atoms with E-state index >= 15 is 0 Å². The van der Waals surface area contributed by atoms with E-state index in [0.717, 1.165) is 12.1 Å². The highest BCUT2D eigenvalue weighted by Crippen LogP contribution is 2.31. The molecule has 0 unspecified atom stereocenters. The van der Waals surface area contributed by atoms with Crippen molar-refractivity contribution in [1.29, 1.82) is 0 Å². The molecule has 0 aliphatic carbocycles. The molecule has 0 saturated carbocycles. The van der Waals surface area contributed by atoms with Crippen molar-refractivity contribution in [1.82, 2.24) is 9.55 Å². The normalized spacial score (nSPS) is 12.6. The molecule has 0 aliphatic heterocycles. The zero-order valence-electron chi connectivity index (χ0n) is 16.8. The maximum Gasteiger partial charge on any atom is 0.416 e. The molecule has 0 saturated heterocycles. The van der Waals surface area contributed by atoms with E-state index in [2.05, 4.69) is 15.0 Å². The Kier molecular flexibility index (Phi) is 6.37. The van der Waals surface area contributed by atoms with Crippen molar-refractivity contribution in [3.05, 3.63) is 74.4 Å². The fourth-order valence-electron chi connectivity index (χ4n) is 3.04. The number of halogens is 3. The van der Waals surface area contributed by atoms with E-state index in [0.29, 0.717) is 11.1 Å². The summed E-state index contributed by atoms with van der Waals surface area (Å²) in [5.41, 5.74) is 4.53. The van der Waals surface area contributed by atoms with Gasteiger partial charge in [0.25, 0.3) is 11.5 Å². The molecular formula is C21H18F3N5O3. The van der Waals surface area contributed by atoms with Gasteiger partial charge in [0.05, 0.1) is 28.6 Å². The number of aromatic amines is 1. The summed E-state index contributed by atoms with van der Waals surface area (Å²) in [6.07, 6.45) is -3.52. The quantitative estimate of drug-likeness (QED) is 0.463. The van der Waals surface area contributed by atoms with E-state index in [-0.39, 0.29) is 29.8 Å². The monoisotopic (exact) mass is 445 g/mol. The molecule has 166 valence electrons. The second-order valence-corrected chi connectivity index (χ2v) is 6.87. The van der Waals surface area contributed by atoms with Gasteiger partial charge >= 0.3 is 11.9 Å². The molecule has 8 nitrogen and oxygen atoms in total. The first-order valence-corrected chi connectivity index (χ1v) is 9.33. The summed E-state index contributed by atoms with van der Waals surface area (Å²) < 4.78 is 39.5. The SMILES string of the molecule is Cn1c(=O)[nH]c(=O)c2c(CC(=O)N=C(N)CC=Nc3cccc(C(F)(F)F)c3)cccc21. The minimum Gasteiger partial charge on any atom is -0.387 e. The third-order valence-corrected chi connectivity index (χ3v) is 4.57. The standard InChI is InChI=1S/C21H18F3N5O3/c1-29-15-7-2-4-12(18(15)19(31)28-20(29)32)10-17(30)27-16(25)8-9-26-14-6-3-5-13(11-14)21(22,23)24/h2-7,9,11H,8,10H2,1H3,(H2,25,27,30)(H,28,31,32). The second kappa shape index (κ2) is 9.00. The Labute approximate surface area is 178 Å². The summed E-state index contributed by atoms with van der Waals surface area (Å²) in [7, 11) is 1.49. The lowest BCUT2D eigenvalue weighted by atomic mass is 10.1. The van der Waals surface area contributed by atoms with Gasteiger partial charge in [0, 0.05) is 19.7 Å². The van der Waals surface area contributed by atoms with Gasteiger partial charge in [0.2, 0.25) is 0 Å². The molecule has 0 spiro atoms. The Balaban J connectivity index is 1.73. The minimum absolute atomic E-state index is 0.0629. The smallest absolute Gasteiger partial charge is 0.387 e. The van der Waals surface area contributed by atoms with Gasteiger partial charge in [0.15, 0.2) is 0 Å². The van der Waals surface area contributed by atoms with Crippen LogP contribution in [0.4, 0.5) is 18.9 Å². The molecule has 0 atom stereocenters. The lowest BCUT2D eigenvalue weighted by Gasteiger charge is -2.07. The van der Waals surface area contributed by atoms with E-state index in [1.165, 1.54) is 30.0 Å². The van der Waals surface area contributed by atoms with Crippen molar-refractivity contribution in [3.8, 4) is 0 Å². The van der Waals surface area contributed by atoms with Crippen molar-refractivity contribution in [2.75, 3.05) is 0 Å². The topological polar surface area (TPSA) is 123 Å². The molecule has 2 aromatic carbocycles. The number of fused-ring (bicyclic) bond motifs is 1. The maximum absolute atomic E-state index is 12.7. The number of rotatable bonds is 5. The Morgan fingerprint density at radius 1 is 1.19 bits per heavy atom. The summed E-state index contributed by atoms with van der Waals surface area (Å²) in [5, 5.41) is 0.197. The molecule has 0 fully saturated rings. The van der Waals surface area contributed by atoms with Gasteiger partial charge < -0.3 is 5.73 Å². The zero-order chi connectivity index (χ0) is 23.5. The number of nitrogens with two attached hydrogens (primary N) is 1. The van der Waals surface area contributed by atoms with E-state index in [1.807, 2.05) is 0 Å². The molecule has 1 amide bonds. The summed E-state index contributed by atoms with van der Waals surface area (Å²) in [5.74, 6) is -0.719. The lowest BCUT2D eigenvalue weighted by molar-refractivity contribution is -0.137. The number of hydrogen-bond acceptors (Lipinski definition) is 4. The number of H-pyrrole nitrogens is 1. The van der Waals surface area contributed by atoms with Gasteiger partial charge in [0.1, 0.15) is 5.84 Å². The van der Waals surface area contributed by atoms with Crippen LogP contribution < -0.4 is 17.0 Å². The lowest BCUT2D eigenvalue weighted by Crippen LogP contribution is -2.29.